The summed E-state index contributed by atoms with van der Waals surface area (Å²) in [5.74, 6) is -0.942. The Hall–Kier alpha value is -3.56. The van der Waals surface area contributed by atoms with Crippen LogP contribution in [-0.2, 0) is 32.6 Å². The van der Waals surface area contributed by atoms with Crippen molar-refractivity contribution >= 4 is 62.3 Å². The van der Waals surface area contributed by atoms with Crippen LogP contribution >= 0.6 is 34.8 Å². The fourth-order valence-electron chi connectivity index (χ4n) is 4.82. The molecule has 0 spiro atoms. The molecule has 0 radical (unpaired) electrons. The van der Waals surface area contributed by atoms with E-state index in [-0.39, 0.29) is 39.5 Å². The highest BCUT2D eigenvalue weighted by Gasteiger charge is 2.34. The van der Waals surface area contributed by atoms with Gasteiger partial charge in [0.25, 0.3) is 10.0 Å². The number of unbranched alkanes of at least 4 members (excludes halogenated alkanes) is 1. The van der Waals surface area contributed by atoms with Gasteiger partial charge in [-0.25, -0.2) is 8.42 Å². The maximum Gasteiger partial charge on any atom is 0.264 e. The smallest absolute Gasteiger partial charge is 0.264 e. The molecule has 0 unspecified atom stereocenters. The maximum absolute atomic E-state index is 14.5. The normalized spacial score (nSPS) is 11.9. The van der Waals surface area contributed by atoms with Crippen molar-refractivity contribution in [3.63, 3.8) is 0 Å². The van der Waals surface area contributed by atoms with Crippen LogP contribution in [0.2, 0.25) is 15.1 Å². The molecular weight excluding hydrogens is 653 g/mol. The SMILES string of the molecule is CCCCNC(=O)[C@H](Cc1ccccc1)N(Cc1cccc(Cl)c1)C(=O)CN(c1cc(Cl)cc(Cl)c1)S(=O)(=O)c1ccccc1. The highest BCUT2D eigenvalue weighted by molar-refractivity contribution is 7.92. The molecule has 11 heteroatoms. The largest absolute Gasteiger partial charge is 0.354 e. The molecule has 0 aliphatic rings. The molecule has 0 heterocycles. The van der Waals surface area contributed by atoms with Crippen LogP contribution in [0.4, 0.5) is 5.69 Å². The van der Waals surface area contributed by atoms with Crippen LogP contribution in [0.5, 0.6) is 0 Å². The van der Waals surface area contributed by atoms with Gasteiger partial charge in [0.1, 0.15) is 12.6 Å². The average Bonchev–Trinajstić information content (AvgIpc) is 3.02. The lowest BCUT2D eigenvalue weighted by atomic mass is 10.0. The van der Waals surface area contributed by atoms with E-state index in [1.165, 1.54) is 35.2 Å². The number of carbonyl (C=O) groups is 2. The van der Waals surface area contributed by atoms with Crippen molar-refractivity contribution in [1.82, 2.24) is 10.2 Å². The van der Waals surface area contributed by atoms with Crippen molar-refractivity contribution in [3.05, 3.63) is 129 Å². The summed E-state index contributed by atoms with van der Waals surface area (Å²) in [7, 11) is -4.27. The van der Waals surface area contributed by atoms with Crippen LogP contribution in [0.3, 0.4) is 0 Å². The van der Waals surface area contributed by atoms with Gasteiger partial charge in [0.05, 0.1) is 10.6 Å². The molecule has 1 N–H and O–H groups in total. The molecular formula is C34H34Cl3N3O4S. The molecule has 0 aliphatic heterocycles. The number of benzene rings is 4. The predicted octanol–water partition coefficient (Wildman–Crippen LogP) is 7.40. The molecule has 4 aromatic carbocycles. The Bertz CT molecular complexity index is 1690. The van der Waals surface area contributed by atoms with E-state index in [0.29, 0.717) is 17.1 Å². The van der Waals surface area contributed by atoms with Gasteiger partial charge in [-0.2, -0.15) is 0 Å². The first-order valence-corrected chi connectivity index (χ1v) is 17.1. The summed E-state index contributed by atoms with van der Waals surface area (Å²) in [5, 5.41) is 3.83. The second kappa shape index (κ2) is 16.1. The third-order valence-corrected chi connectivity index (χ3v) is 9.55. The third-order valence-electron chi connectivity index (χ3n) is 7.09. The van der Waals surface area contributed by atoms with E-state index in [1.54, 1.807) is 42.5 Å². The fourth-order valence-corrected chi connectivity index (χ4v) is 6.97. The average molecular weight is 687 g/mol. The molecule has 7 nitrogen and oxygen atoms in total. The molecule has 0 saturated carbocycles. The maximum atomic E-state index is 14.5. The van der Waals surface area contributed by atoms with Gasteiger partial charge in [-0.3, -0.25) is 13.9 Å². The van der Waals surface area contributed by atoms with Crippen LogP contribution in [0.15, 0.2) is 108 Å². The molecule has 1 atom stereocenters. The van der Waals surface area contributed by atoms with Crippen molar-refractivity contribution in [3.8, 4) is 0 Å². The number of sulfonamides is 1. The van der Waals surface area contributed by atoms with Crippen LogP contribution in [0, 0.1) is 0 Å². The van der Waals surface area contributed by atoms with Crippen molar-refractivity contribution in [1.29, 1.82) is 0 Å². The molecule has 0 saturated heterocycles. The van der Waals surface area contributed by atoms with Crippen LogP contribution in [0.1, 0.15) is 30.9 Å². The molecule has 0 aromatic heterocycles. The van der Waals surface area contributed by atoms with E-state index in [9.17, 15) is 18.0 Å². The highest BCUT2D eigenvalue weighted by Crippen LogP contribution is 2.30. The van der Waals surface area contributed by atoms with E-state index >= 15 is 0 Å². The summed E-state index contributed by atoms with van der Waals surface area (Å²) < 4.78 is 29.1. The Balaban J connectivity index is 1.81. The number of rotatable bonds is 14. The van der Waals surface area contributed by atoms with Crippen LogP contribution < -0.4 is 9.62 Å². The molecule has 0 fully saturated rings. The van der Waals surface area contributed by atoms with E-state index in [4.69, 9.17) is 34.8 Å². The number of carbonyl (C=O) groups excluding carboxylic acids is 2. The fraction of sp³-hybridized carbons (Fsp3) is 0.235. The summed E-state index contributed by atoms with van der Waals surface area (Å²) in [6.07, 6.45) is 1.85. The second-order valence-electron chi connectivity index (χ2n) is 10.5. The number of anilines is 1. The molecule has 45 heavy (non-hydrogen) atoms. The van der Waals surface area contributed by atoms with E-state index < -0.39 is 28.5 Å². The van der Waals surface area contributed by atoms with Gasteiger partial charge in [0, 0.05) is 34.6 Å². The number of amides is 2. The van der Waals surface area contributed by atoms with Gasteiger partial charge in [-0.15, -0.1) is 0 Å². The number of nitrogens with zero attached hydrogens (tertiary/aromatic N) is 2. The zero-order chi connectivity index (χ0) is 32.4. The van der Waals surface area contributed by atoms with Gasteiger partial charge in [-0.1, -0.05) is 109 Å². The predicted molar refractivity (Wildman–Crippen MR) is 181 cm³/mol. The first-order valence-electron chi connectivity index (χ1n) is 14.5. The summed E-state index contributed by atoms with van der Waals surface area (Å²) in [5.41, 5.74) is 1.63. The standard InChI is InChI=1S/C34H34Cl3N3O4S/c1-2-3-17-38-34(42)32(19-25-11-6-4-7-12-25)39(23-26-13-10-14-27(35)18-26)33(41)24-40(30-21-28(36)20-29(37)22-30)45(43,44)31-15-8-5-9-16-31/h4-16,18,20-22,32H,2-3,17,19,23-24H2,1H3,(H,38,42)/t32-/m0/s1. The second-order valence-corrected chi connectivity index (χ2v) is 13.6. The first kappa shape index (κ1) is 34.3. The van der Waals surface area contributed by atoms with Crippen molar-refractivity contribution in [2.24, 2.45) is 0 Å². The minimum absolute atomic E-state index is 0.00756. The highest BCUT2D eigenvalue weighted by atomic mass is 35.5. The Kier molecular flexibility index (Phi) is 12.3. The minimum Gasteiger partial charge on any atom is -0.354 e. The first-order chi connectivity index (χ1) is 21.6. The number of nitrogens with one attached hydrogen (secondary N) is 1. The van der Waals surface area contributed by atoms with Crippen molar-refractivity contribution in [2.75, 3.05) is 17.4 Å². The van der Waals surface area contributed by atoms with Gasteiger partial charge in [0.15, 0.2) is 0 Å². The number of hydrogen-bond acceptors (Lipinski definition) is 4. The molecule has 4 aromatic rings. The van der Waals surface area contributed by atoms with Crippen LogP contribution in [-0.4, -0.2) is 44.3 Å². The topological polar surface area (TPSA) is 86.8 Å². The Labute approximate surface area is 279 Å². The number of halogens is 3. The van der Waals surface area contributed by atoms with Crippen molar-refractivity contribution < 1.29 is 18.0 Å². The monoisotopic (exact) mass is 685 g/mol. The molecule has 4 rings (SSSR count). The van der Waals surface area contributed by atoms with E-state index in [1.807, 2.05) is 37.3 Å². The lowest BCUT2D eigenvalue weighted by Crippen LogP contribution is -2.53. The van der Waals surface area contributed by atoms with Gasteiger partial charge < -0.3 is 10.2 Å². The van der Waals surface area contributed by atoms with Gasteiger partial charge in [-0.05, 0) is 60.0 Å². The summed E-state index contributed by atoms with van der Waals surface area (Å²) in [6.45, 7) is 1.84. The summed E-state index contributed by atoms with van der Waals surface area (Å²) in [4.78, 5) is 29.7. The molecule has 0 aliphatic carbocycles. The lowest BCUT2D eigenvalue weighted by molar-refractivity contribution is -0.140. The van der Waals surface area contributed by atoms with E-state index in [2.05, 4.69) is 5.32 Å². The quantitative estimate of drug-likeness (QED) is 0.140. The Morgan fingerprint density at radius 1 is 0.778 bits per heavy atom. The Morgan fingerprint density at radius 2 is 1.40 bits per heavy atom. The Morgan fingerprint density at radius 3 is 2.02 bits per heavy atom. The van der Waals surface area contributed by atoms with Gasteiger partial charge >= 0.3 is 0 Å². The van der Waals surface area contributed by atoms with Crippen molar-refractivity contribution in [2.45, 2.75) is 43.7 Å². The minimum atomic E-state index is -4.27. The molecule has 236 valence electrons. The third kappa shape index (κ3) is 9.47. The zero-order valence-electron chi connectivity index (χ0n) is 24.7. The number of hydrogen-bond donors (Lipinski definition) is 1. The lowest BCUT2D eigenvalue weighted by Gasteiger charge is -2.34. The molecule has 0 bridgehead atoms. The van der Waals surface area contributed by atoms with Gasteiger partial charge in [0.2, 0.25) is 11.8 Å². The summed E-state index contributed by atoms with van der Waals surface area (Å²) in [6, 6.07) is 27.5. The van der Waals surface area contributed by atoms with E-state index in [0.717, 1.165) is 22.7 Å². The molecule has 2 amide bonds. The zero-order valence-corrected chi connectivity index (χ0v) is 27.8. The van der Waals surface area contributed by atoms with Crippen LogP contribution in [0.25, 0.3) is 0 Å². The summed E-state index contributed by atoms with van der Waals surface area (Å²) >= 11 is 18.9.